The van der Waals surface area contributed by atoms with Crippen molar-refractivity contribution in [3.8, 4) is 5.75 Å². The van der Waals surface area contributed by atoms with Gasteiger partial charge in [-0.25, -0.2) is 8.42 Å². The second-order valence-electron chi connectivity index (χ2n) is 20.5. The van der Waals surface area contributed by atoms with E-state index in [-0.39, 0.29) is 32.8 Å². The maximum Gasteiger partial charge on any atom is 0.294 e. The second kappa shape index (κ2) is 25.2. The molecule has 1 aliphatic carbocycles. The molecule has 0 fully saturated rings. The van der Waals surface area contributed by atoms with Crippen molar-refractivity contribution >= 4 is 63.5 Å². The molecule has 0 spiro atoms. The fraction of sp³-hybridized carbons (Fsp3) is 0.481. The largest absolute Gasteiger partial charge is 0.744 e. The van der Waals surface area contributed by atoms with Crippen LogP contribution in [-0.2, 0) is 56.1 Å². The van der Waals surface area contributed by atoms with Crippen molar-refractivity contribution in [2.24, 2.45) is 0 Å². The van der Waals surface area contributed by atoms with Gasteiger partial charge in [-0.1, -0.05) is 39.7 Å². The van der Waals surface area contributed by atoms with Gasteiger partial charge in [-0.15, -0.1) is 0 Å². The Morgan fingerprint density at radius 2 is 1.37 bits per heavy atom. The van der Waals surface area contributed by atoms with Crippen LogP contribution in [0.3, 0.4) is 0 Å². The topological polar surface area (TPSA) is 277 Å². The van der Waals surface area contributed by atoms with Gasteiger partial charge in [0.15, 0.2) is 5.71 Å². The van der Waals surface area contributed by atoms with E-state index in [1.807, 2.05) is 56.9 Å². The van der Waals surface area contributed by atoms with Crippen LogP contribution in [0.2, 0.25) is 0 Å². The maximum atomic E-state index is 12.7. The average Bonchev–Trinajstić information content (AvgIpc) is 3.69. The number of unbranched alkanes of at least 4 members (excludes halogenated alkanes) is 6. The number of rotatable bonds is 27. The molecule has 0 saturated carbocycles. The average molecular weight is 1130 g/mol. The highest BCUT2D eigenvalue weighted by Crippen LogP contribution is 2.49. The lowest BCUT2D eigenvalue weighted by Gasteiger charge is -2.27. The molecule has 6 rings (SSSR count). The summed E-state index contributed by atoms with van der Waals surface area (Å²) in [6, 6.07) is 14.0. The van der Waals surface area contributed by atoms with E-state index in [2.05, 4.69) is 22.1 Å². The molecule has 3 aromatic rings. The maximum absolute atomic E-state index is 12.7. The lowest BCUT2D eigenvalue weighted by atomic mass is 9.81. The second-order valence-corrected chi connectivity index (χ2v) is 26.3. The number of carbonyl (C=O) groups is 1. The summed E-state index contributed by atoms with van der Waals surface area (Å²) >= 11 is 0. The van der Waals surface area contributed by atoms with Crippen molar-refractivity contribution < 1.29 is 66.0 Å². The molecule has 0 unspecified atom stereocenters. The Kier molecular flexibility index (Phi) is 19.9. The molecule has 3 aliphatic rings. The molecule has 3 aromatic carbocycles. The number of ether oxygens (including phenoxy) is 1. The molecule has 0 bridgehead atoms. The van der Waals surface area contributed by atoms with Gasteiger partial charge in [0, 0.05) is 60.4 Å². The minimum atomic E-state index is -4.78. The standard InChI is InChI=1S/C54H72N4O14S4/c1-6-55-32-11-7-8-12-33-56-51(59)19-10-9-13-34-57-47-28-26-43(75(66,67)68)37-45(47)53(2,3)49(57)30-20-39-17-16-18-40(52(39)72-41-22-24-42(25-23-41)74(63,64)65)21-31-50-54(4,5)46-38-44(76(69,70)71)27-29-48(46)58(50)35-14-15-36-73(60,61)62/h20-31,37-38,55H,6-19,32-36H2,1-5H3,(H4-,56,59,60,61,62,63,64,65,66,67,68,69,70,71). The van der Waals surface area contributed by atoms with Gasteiger partial charge in [-0.05, 0) is 168 Å². The van der Waals surface area contributed by atoms with Crippen molar-refractivity contribution in [3.05, 3.63) is 119 Å². The summed E-state index contributed by atoms with van der Waals surface area (Å²) in [5, 5.41) is 6.35. The van der Waals surface area contributed by atoms with Gasteiger partial charge in [-0.3, -0.25) is 18.5 Å². The van der Waals surface area contributed by atoms with Crippen LogP contribution >= 0.6 is 0 Å². The number of amides is 1. The molecule has 0 radical (unpaired) electrons. The Bertz CT molecular complexity index is 3250. The summed E-state index contributed by atoms with van der Waals surface area (Å²) in [6.45, 7) is 13.2. The van der Waals surface area contributed by atoms with Crippen LogP contribution in [0.25, 0.3) is 0 Å². The van der Waals surface area contributed by atoms with Gasteiger partial charge in [0.25, 0.3) is 30.4 Å². The Morgan fingerprint density at radius 3 is 2.03 bits per heavy atom. The van der Waals surface area contributed by atoms with E-state index < -0.39 is 57.1 Å². The summed E-state index contributed by atoms with van der Waals surface area (Å²) in [4.78, 5) is 13.7. The zero-order chi connectivity index (χ0) is 55.7. The van der Waals surface area contributed by atoms with Crippen LogP contribution < -0.4 is 20.3 Å². The van der Waals surface area contributed by atoms with E-state index in [0.29, 0.717) is 92.9 Å². The molecular formula is C54H72N4O14S4. The number of allylic oxidation sites excluding steroid dienone is 7. The zero-order valence-electron chi connectivity index (χ0n) is 43.9. The number of nitrogens with zero attached hydrogens (tertiary/aromatic N) is 2. The SMILES string of the molecule is CCNCCCCCCNC(=O)CCCCC[N+]1=C(/C=C/C2=C(Oc3ccc(S(=O)(=O)O)cc3)C(=C/C=C3/N(CCCCS(=O)(=O)O)c4ccc(S(=O)(=O)O)cc4C3(C)C)/CCC2)C(C)(C)c2cc(S(=O)(=O)[O-])ccc21. The first-order chi connectivity index (χ1) is 35.6. The third-order valence-corrected chi connectivity index (χ3v) is 17.5. The number of nitrogens with one attached hydrogen (secondary N) is 2. The zero-order valence-corrected chi connectivity index (χ0v) is 47.1. The van der Waals surface area contributed by atoms with Crippen LogP contribution in [-0.4, -0.2) is 107 Å². The van der Waals surface area contributed by atoms with Gasteiger partial charge in [0.1, 0.15) is 28.2 Å². The van der Waals surface area contributed by atoms with E-state index in [9.17, 15) is 56.7 Å². The molecule has 76 heavy (non-hydrogen) atoms. The van der Waals surface area contributed by atoms with Gasteiger partial charge in [-0.2, -0.15) is 29.8 Å². The first-order valence-electron chi connectivity index (χ1n) is 25.8. The quantitative estimate of drug-likeness (QED) is 0.0271. The van der Waals surface area contributed by atoms with Crippen LogP contribution in [0.1, 0.15) is 129 Å². The fourth-order valence-corrected chi connectivity index (χ4v) is 12.2. The molecule has 5 N–H and O–H groups in total. The van der Waals surface area contributed by atoms with Gasteiger partial charge >= 0.3 is 0 Å². The Balaban J connectivity index is 1.36. The minimum absolute atomic E-state index is 0.0111. The fourth-order valence-electron chi connectivity index (χ4n) is 10.1. The Morgan fingerprint density at radius 1 is 0.724 bits per heavy atom. The lowest BCUT2D eigenvalue weighted by molar-refractivity contribution is -0.438. The monoisotopic (exact) mass is 1130 g/mol. The molecule has 18 nitrogen and oxygen atoms in total. The van der Waals surface area contributed by atoms with Crippen molar-refractivity contribution in [1.29, 1.82) is 0 Å². The van der Waals surface area contributed by atoms with Crippen molar-refractivity contribution in [2.45, 2.75) is 144 Å². The van der Waals surface area contributed by atoms with Crippen LogP contribution in [0.15, 0.2) is 122 Å². The summed E-state index contributed by atoms with van der Waals surface area (Å²) < 4.78 is 147. The highest BCUT2D eigenvalue weighted by molar-refractivity contribution is 7.86. The molecule has 22 heteroatoms. The van der Waals surface area contributed by atoms with E-state index in [1.165, 1.54) is 48.5 Å². The highest BCUT2D eigenvalue weighted by Gasteiger charge is 2.45. The van der Waals surface area contributed by atoms with E-state index in [1.54, 1.807) is 12.1 Å². The normalized spacial score (nSPS) is 17.8. The summed E-state index contributed by atoms with van der Waals surface area (Å²) in [5.41, 5.74) is 4.00. The number of anilines is 1. The lowest BCUT2D eigenvalue weighted by Crippen LogP contribution is -2.28. The van der Waals surface area contributed by atoms with Crippen LogP contribution in [0.4, 0.5) is 11.4 Å². The molecule has 2 aliphatic heterocycles. The molecular weight excluding hydrogens is 1060 g/mol. The van der Waals surface area contributed by atoms with E-state index >= 15 is 0 Å². The van der Waals surface area contributed by atoms with Crippen molar-refractivity contribution in [2.75, 3.05) is 43.4 Å². The first kappa shape index (κ1) is 60.2. The summed E-state index contributed by atoms with van der Waals surface area (Å²) in [5.74, 6) is 0.274. The van der Waals surface area contributed by atoms with Crippen molar-refractivity contribution in [3.63, 3.8) is 0 Å². The molecule has 0 atom stereocenters. The van der Waals surface area contributed by atoms with Gasteiger partial charge in [0.2, 0.25) is 11.6 Å². The predicted molar refractivity (Wildman–Crippen MR) is 291 cm³/mol. The number of hydrogen-bond acceptors (Lipinski definition) is 13. The number of carbonyl (C=O) groups excluding carboxylic acids is 1. The molecule has 0 saturated heterocycles. The smallest absolute Gasteiger partial charge is 0.294 e. The molecule has 416 valence electrons. The predicted octanol–water partition coefficient (Wildman–Crippen LogP) is 8.66. The molecule has 1 amide bonds. The first-order valence-corrected chi connectivity index (χ1v) is 31.7. The van der Waals surface area contributed by atoms with E-state index in [0.717, 1.165) is 67.7 Å². The van der Waals surface area contributed by atoms with Crippen LogP contribution in [0, 0.1) is 0 Å². The van der Waals surface area contributed by atoms with Gasteiger partial charge in [0.05, 0.1) is 25.9 Å². The minimum Gasteiger partial charge on any atom is -0.744 e. The number of benzene rings is 3. The number of fused-ring (bicyclic) bond motifs is 2. The Hall–Kier alpha value is -5.04. The summed E-state index contributed by atoms with van der Waals surface area (Å²) in [6.07, 6.45) is 16.6. The number of hydrogen-bond donors (Lipinski definition) is 5. The third kappa shape index (κ3) is 15.6. The highest BCUT2D eigenvalue weighted by atomic mass is 32.2. The Labute approximate surface area is 449 Å². The van der Waals surface area contributed by atoms with Crippen LogP contribution in [0.5, 0.6) is 5.75 Å². The van der Waals surface area contributed by atoms with Crippen molar-refractivity contribution in [1.82, 2.24) is 10.6 Å². The van der Waals surface area contributed by atoms with E-state index in [4.69, 9.17) is 4.74 Å². The molecule has 2 heterocycles. The summed E-state index contributed by atoms with van der Waals surface area (Å²) in [7, 11) is -18.1. The van der Waals surface area contributed by atoms with Gasteiger partial charge < -0.3 is 24.8 Å². The third-order valence-electron chi connectivity index (χ3n) is 14.2. The molecule has 0 aromatic heterocycles.